The average Bonchev–Trinajstić information content (AvgIpc) is 2.55. The van der Waals surface area contributed by atoms with E-state index in [1.807, 2.05) is 0 Å². The van der Waals surface area contributed by atoms with E-state index in [-0.39, 0.29) is 15.4 Å². The van der Waals surface area contributed by atoms with Crippen LogP contribution in [0.4, 0.5) is 18.9 Å². The molecule has 2 heterocycles. The number of nitrogens with zero attached hydrogens (tertiary/aromatic N) is 1. The van der Waals surface area contributed by atoms with Crippen molar-refractivity contribution in [2.75, 3.05) is 5.73 Å². The Kier molecular flexibility index (Phi) is 2.69. The van der Waals surface area contributed by atoms with Gasteiger partial charge in [0, 0.05) is 11.1 Å². The number of hydrogen-bond donors (Lipinski definition) is 2. The zero-order chi connectivity index (χ0) is 13.7. The third-order valence-electron chi connectivity index (χ3n) is 2.45. The highest BCUT2D eigenvalue weighted by atomic mass is 32.1. The number of thiophene rings is 1. The van der Waals surface area contributed by atoms with Gasteiger partial charge in [-0.3, -0.25) is 4.79 Å². The predicted octanol–water partition coefficient (Wildman–Crippen LogP) is 2.30. The molecular formula is C10H8F3N3OS. The maximum atomic E-state index is 12.6. The number of rotatable bonds is 1. The molecule has 0 fully saturated rings. The minimum Gasteiger partial charge on any atom is -0.398 e. The zero-order valence-corrected chi connectivity index (χ0v) is 9.95. The SMILES string of the molecule is Cc1c(C(N)=O)sc2nc(C(F)(F)F)cc(N)c12. The van der Waals surface area contributed by atoms with Crippen LogP contribution in [0.5, 0.6) is 0 Å². The molecule has 8 heteroatoms. The first-order valence-corrected chi connectivity index (χ1v) is 5.60. The van der Waals surface area contributed by atoms with Crippen molar-refractivity contribution in [2.45, 2.75) is 13.1 Å². The van der Waals surface area contributed by atoms with Gasteiger partial charge in [0.1, 0.15) is 10.5 Å². The van der Waals surface area contributed by atoms with E-state index in [0.29, 0.717) is 10.9 Å². The molecule has 0 radical (unpaired) electrons. The highest BCUT2D eigenvalue weighted by Gasteiger charge is 2.34. The normalized spacial score (nSPS) is 12.0. The van der Waals surface area contributed by atoms with Crippen molar-refractivity contribution < 1.29 is 18.0 Å². The van der Waals surface area contributed by atoms with Crippen molar-refractivity contribution >= 4 is 33.1 Å². The van der Waals surface area contributed by atoms with Gasteiger partial charge < -0.3 is 11.5 Å². The molecule has 0 atom stereocenters. The van der Waals surface area contributed by atoms with E-state index in [1.54, 1.807) is 6.92 Å². The van der Waals surface area contributed by atoms with Crippen LogP contribution in [0.1, 0.15) is 20.9 Å². The van der Waals surface area contributed by atoms with Crippen LogP contribution in [0.25, 0.3) is 10.2 Å². The molecule has 0 saturated carbocycles. The summed E-state index contributed by atoms with van der Waals surface area (Å²) in [6.07, 6.45) is -4.58. The van der Waals surface area contributed by atoms with Crippen LogP contribution < -0.4 is 11.5 Å². The quantitative estimate of drug-likeness (QED) is 0.837. The number of carbonyl (C=O) groups excluding carboxylic acids is 1. The summed E-state index contributed by atoms with van der Waals surface area (Å²) >= 11 is 0.811. The van der Waals surface area contributed by atoms with Gasteiger partial charge in [-0.05, 0) is 18.6 Å². The molecule has 1 amide bonds. The molecule has 96 valence electrons. The second-order valence-corrected chi connectivity index (χ2v) is 4.69. The number of aromatic nitrogens is 1. The Bertz CT molecular complexity index is 648. The van der Waals surface area contributed by atoms with Crippen LogP contribution in [-0.2, 0) is 6.18 Å². The van der Waals surface area contributed by atoms with Crippen LogP contribution in [0.15, 0.2) is 6.07 Å². The third-order valence-corrected chi connectivity index (χ3v) is 3.65. The fourth-order valence-corrected chi connectivity index (χ4v) is 2.72. The van der Waals surface area contributed by atoms with Gasteiger partial charge in [0.25, 0.3) is 5.91 Å². The lowest BCUT2D eigenvalue weighted by molar-refractivity contribution is -0.140. The van der Waals surface area contributed by atoms with Gasteiger partial charge in [-0.15, -0.1) is 11.3 Å². The van der Waals surface area contributed by atoms with Crippen molar-refractivity contribution in [2.24, 2.45) is 5.73 Å². The van der Waals surface area contributed by atoms with Gasteiger partial charge in [0.05, 0.1) is 4.88 Å². The smallest absolute Gasteiger partial charge is 0.398 e. The van der Waals surface area contributed by atoms with E-state index in [1.165, 1.54) is 0 Å². The summed E-state index contributed by atoms with van der Waals surface area (Å²) in [5.74, 6) is -0.705. The number of carbonyl (C=O) groups is 1. The number of anilines is 1. The second kappa shape index (κ2) is 3.84. The lowest BCUT2D eigenvalue weighted by Gasteiger charge is -2.07. The first-order valence-electron chi connectivity index (χ1n) is 4.78. The van der Waals surface area contributed by atoms with Gasteiger partial charge in [0.2, 0.25) is 0 Å². The standard InChI is InChI=1S/C10H8F3N3OS/c1-3-6-4(14)2-5(10(11,12)13)16-9(6)18-7(3)8(15)17/h2H,1H3,(H2,14,16)(H2,15,17). The highest BCUT2D eigenvalue weighted by molar-refractivity contribution is 7.20. The highest BCUT2D eigenvalue weighted by Crippen LogP contribution is 2.37. The molecule has 0 aliphatic carbocycles. The van der Waals surface area contributed by atoms with Crippen molar-refractivity contribution in [3.05, 3.63) is 22.2 Å². The number of primary amides is 1. The van der Waals surface area contributed by atoms with Gasteiger partial charge >= 0.3 is 6.18 Å². The fourth-order valence-electron chi connectivity index (χ4n) is 1.66. The van der Waals surface area contributed by atoms with Crippen LogP contribution in [0.3, 0.4) is 0 Å². The predicted molar refractivity (Wildman–Crippen MR) is 62.3 cm³/mol. The molecule has 4 N–H and O–H groups in total. The first-order chi connectivity index (χ1) is 8.21. The number of fused-ring (bicyclic) bond motifs is 1. The second-order valence-electron chi connectivity index (χ2n) is 3.70. The summed E-state index contributed by atoms with van der Waals surface area (Å²) in [6, 6.07) is 0.757. The molecule has 4 nitrogen and oxygen atoms in total. The Morgan fingerprint density at radius 3 is 2.56 bits per heavy atom. The Hall–Kier alpha value is -1.83. The minimum atomic E-state index is -4.58. The molecule has 0 aromatic carbocycles. The van der Waals surface area contributed by atoms with Gasteiger partial charge in [-0.2, -0.15) is 13.2 Å². The van der Waals surface area contributed by atoms with E-state index < -0.39 is 17.8 Å². The fraction of sp³-hybridized carbons (Fsp3) is 0.200. The minimum absolute atomic E-state index is 0.0615. The summed E-state index contributed by atoms with van der Waals surface area (Å²) in [7, 11) is 0. The molecule has 0 spiro atoms. The number of aryl methyl sites for hydroxylation is 1. The van der Waals surface area contributed by atoms with Crippen molar-refractivity contribution in [3.8, 4) is 0 Å². The molecule has 0 unspecified atom stereocenters. The number of pyridine rings is 1. The molecule has 2 aromatic rings. The monoisotopic (exact) mass is 275 g/mol. The lowest BCUT2D eigenvalue weighted by atomic mass is 10.1. The van der Waals surface area contributed by atoms with Gasteiger partial charge in [-0.25, -0.2) is 4.98 Å². The Morgan fingerprint density at radius 2 is 2.06 bits per heavy atom. The lowest BCUT2D eigenvalue weighted by Crippen LogP contribution is -2.10. The van der Waals surface area contributed by atoms with Crippen LogP contribution in [-0.4, -0.2) is 10.9 Å². The van der Waals surface area contributed by atoms with Crippen molar-refractivity contribution in [1.82, 2.24) is 4.98 Å². The number of halogens is 3. The van der Waals surface area contributed by atoms with E-state index in [9.17, 15) is 18.0 Å². The first kappa shape index (κ1) is 12.6. The summed E-state index contributed by atoms with van der Waals surface area (Å²) in [4.78, 5) is 14.8. The summed E-state index contributed by atoms with van der Waals surface area (Å²) < 4.78 is 37.7. The van der Waals surface area contributed by atoms with Crippen LogP contribution in [0.2, 0.25) is 0 Å². The van der Waals surface area contributed by atoms with Crippen LogP contribution >= 0.6 is 11.3 Å². The molecule has 0 saturated heterocycles. The molecule has 2 aromatic heterocycles. The average molecular weight is 275 g/mol. The van der Waals surface area contributed by atoms with Crippen molar-refractivity contribution in [3.63, 3.8) is 0 Å². The van der Waals surface area contributed by atoms with Crippen molar-refractivity contribution in [1.29, 1.82) is 0 Å². The summed E-state index contributed by atoms with van der Waals surface area (Å²) in [5.41, 5.74) is 10.0. The molecule has 0 bridgehead atoms. The van der Waals surface area contributed by atoms with Gasteiger partial charge in [0.15, 0.2) is 0 Å². The number of nitrogen functional groups attached to an aromatic ring is 1. The molecule has 0 aliphatic heterocycles. The molecule has 18 heavy (non-hydrogen) atoms. The molecular weight excluding hydrogens is 267 g/mol. The molecule has 2 rings (SSSR count). The molecule has 0 aliphatic rings. The maximum absolute atomic E-state index is 12.6. The topological polar surface area (TPSA) is 82.0 Å². The Balaban J connectivity index is 2.79. The largest absolute Gasteiger partial charge is 0.433 e. The van der Waals surface area contributed by atoms with Gasteiger partial charge in [-0.1, -0.05) is 0 Å². The third kappa shape index (κ3) is 1.88. The van der Waals surface area contributed by atoms with Crippen LogP contribution in [0, 0.1) is 6.92 Å². The van der Waals surface area contributed by atoms with E-state index in [2.05, 4.69) is 4.98 Å². The summed E-state index contributed by atoms with van der Waals surface area (Å²) in [6.45, 7) is 1.57. The number of amides is 1. The van der Waals surface area contributed by atoms with E-state index >= 15 is 0 Å². The number of alkyl halides is 3. The Morgan fingerprint density at radius 1 is 1.44 bits per heavy atom. The zero-order valence-electron chi connectivity index (χ0n) is 9.13. The maximum Gasteiger partial charge on any atom is 0.433 e. The number of hydrogen-bond acceptors (Lipinski definition) is 4. The Labute approximate surface area is 103 Å². The van der Waals surface area contributed by atoms with E-state index in [4.69, 9.17) is 11.5 Å². The van der Waals surface area contributed by atoms with E-state index in [0.717, 1.165) is 17.4 Å². The number of nitrogens with two attached hydrogens (primary N) is 2. The summed E-state index contributed by atoms with van der Waals surface area (Å²) in [5, 5.41) is 0.349.